The van der Waals surface area contributed by atoms with Gasteiger partial charge in [0.15, 0.2) is 11.6 Å². The molecule has 70 valence electrons. The number of halogens is 1. The van der Waals surface area contributed by atoms with Crippen molar-refractivity contribution in [3.05, 3.63) is 29.1 Å². The Morgan fingerprint density at radius 1 is 1.54 bits per heavy atom. The Labute approximate surface area is 74.8 Å². The number of carbonyl (C=O) groups excluding carboxylic acids is 1. The number of hydrogen-bond donors (Lipinski definition) is 1. The average Bonchev–Trinajstić information content (AvgIpc) is 2.13. The summed E-state index contributed by atoms with van der Waals surface area (Å²) in [5.41, 5.74) is 0.121. The molecule has 0 amide bonds. The van der Waals surface area contributed by atoms with Gasteiger partial charge in [0, 0.05) is 0 Å². The topological polar surface area (TPSA) is 46.5 Å². The molecule has 0 fully saturated rings. The van der Waals surface area contributed by atoms with Crippen molar-refractivity contribution in [2.45, 2.75) is 6.92 Å². The highest BCUT2D eigenvalue weighted by molar-refractivity contribution is 5.92. The number of phenolic OH excluding ortho intramolecular Hbond substituents is 1. The van der Waals surface area contributed by atoms with Gasteiger partial charge in [-0.25, -0.2) is 9.18 Å². The largest absolute Gasteiger partial charge is 0.504 e. The molecule has 0 bridgehead atoms. The molecule has 1 rings (SSSR count). The van der Waals surface area contributed by atoms with E-state index in [0.717, 1.165) is 0 Å². The van der Waals surface area contributed by atoms with Crippen LogP contribution >= 0.6 is 0 Å². The van der Waals surface area contributed by atoms with Gasteiger partial charge in [-0.2, -0.15) is 0 Å². The summed E-state index contributed by atoms with van der Waals surface area (Å²) in [6.45, 7) is 1.50. The second-order valence-corrected chi connectivity index (χ2v) is 2.58. The molecular weight excluding hydrogens is 175 g/mol. The maximum Gasteiger partial charge on any atom is 0.341 e. The van der Waals surface area contributed by atoms with Gasteiger partial charge in [0.2, 0.25) is 0 Å². The lowest BCUT2D eigenvalue weighted by atomic mass is 10.1. The van der Waals surface area contributed by atoms with Crippen molar-refractivity contribution in [3.8, 4) is 5.75 Å². The molecule has 1 aromatic carbocycles. The third kappa shape index (κ3) is 1.61. The SMILES string of the molecule is COC(=O)c1ccc(C)c(F)c1O. The molecule has 0 aliphatic heterocycles. The van der Waals surface area contributed by atoms with E-state index in [-0.39, 0.29) is 11.1 Å². The number of carbonyl (C=O) groups is 1. The molecule has 3 nitrogen and oxygen atoms in total. The zero-order chi connectivity index (χ0) is 10.0. The molecule has 0 aliphatic carbocycles. The normalized spacial score (nSPS) is 9.77. The number of ether oxygens (including phenoxy) is 1. The van der Waals surface area contributed by atoms with Gasteiger partial charge < -0.3 is 9.84 Å². The fourth-order valence-corrected chi connectivity index (χ4v) is 0.940. The van der Waals surface area contributed by atoms with Gasteiger partial charge >= 0.3 is 5.97 Å². The highest BCUT2D eigenvalue weighted by Crippen LogP contribution is 2.24. The van der Waals surface area contributed by atoms with Crippen LogP contribution in [-0.2, 0) is 4.74 Å². The van der Waals surface area contributed by atoms with Crippen molar-refractivity contribution in [1.29, 1.82) is 0 Å². The number of phenols is 1. The number of esters is 1. The van der Waals surface area contributed by atoms with Gasteiger partial charge in [-0.15, -0.1) is 0 Å². The van der Waals surface area contributed by atoms with E-state index in [1.165, 1.54) is 26.2 Å². The Kier molecular flexibility index (Phi) is 2.51. The monoisotopic (exact) mass is 184 g/mol. The van der Waals surface area contributed by atoms with Crippen LogP contribution in [0.15, 0.2) is 12.1 Å². The predicted molar refractivity (Wildman–Crippen MR) is 44.1 cm³/mol. The Balaban J connectivity index is 3.26. The number of methoxy groups -OCH3 is 1. The summed E-state index contributed by atoms with van der Waals surface area (Å²) in [6, 6.07) is 2.72. The molecule has 0 radical (unpaired) electrons. The minimum Gasteiger partial charge on any atom is -0.504 e. The molecule has 0 atom stereocenters. The van der Waals surface area contributed by atoms with Gasteiger partial charge in [0.1, 0.15) is 5.56 Å². The number of aromatic hydroxyl groups is 1. The first-order chi connectivity index (χ1) is 6.07. The summed E-state index contributed by atoms with van der Waals surface area (Å²) < 4.78 is 17.4. The lowest BCUT2D eigenvalue weighted by Gasteiger charge is -2.04. The predicted octanol–water partition coefficient (Wildman–Crippen LogP) is 1.63. The molecule has 0 saturated carbocycles. The van der Waals surface area contributed by atoms with E-state index < -0.39 is 17.5 Å². The standard InChI is InChI=1S/C9H9FO3/c1-5-3-4-6(9(12)13-2)8(11)7(5)10/h3-4,11H,1-2H3. The molecule has 0 unspecified atom stereocenters. The van der Waals surface area contributed by atoms with E-state index >= 15 is 0 Å². The third-order valence-corrected chi connectivity index (χ3v) is 1.71. The molecule has 0 heterocycles. The summed E-state index contributed by atoms with van der Waals surface area (Å²) in [7, 11) is 1.17. The number of benzene rings is 1. The number of hydrogen-bond acceptors (Lipinski definition) is 3. The van der Waals surface area contributed by atoms with Crippen molar-refractivity contribution < 1.29 is 19.0 Å². The molecular formula is C9H9FO3. The molecule has 0 aliphatic rings. The highest BCUT2D eigenvalue weighted by Gasteiger charge is 2.16. The van der Waals surface area contributed by atoms with Crippen molar-refractivity contribution in [2.75, 3.05) is 7.11 Å². The van der Waals surface area contributed by atoms with Crippen LogP contribution in [-0.4, -0.2) is 18.2 Å². The van der Waals surface area contributed by atoms with Gasteiger partial charge in [0.25, 0.3) is 0 Å². The Hall–Kier alpha value is -1.58. The van der Waals surface area contributed by atoms with Crippen LogP contribution in [0.5, 0.6) is 5.75 Å². The van der Waals surface area contributed by atoms with Crippen LogP contribution < -0.4 is 0 Å². The van der Waals surface area contributed by atoms with E-state index in [2.05, 4.69) is 4.74 Å². The Morgan fingerprint density at radius 3 is 2.69 bits per heavy atom. The first-order valence-electron chi connectivity index (χ1n) is 3.64. The van der Waals surface area contributed by atoms with Gasteiger partial charge in [-0.05, 0) is 18.6 Å². The molecule has 4 heteroatoms. The minimum absolute atomic E-state index is 0.161. The van der Waals surface area contributed by atoms with Crippen LogP contribution in [0.4, 0.5) is 4.39 Å². The van der Waals surface area contributed by atoms with Crippen molar-refractivity contribution in [3.63, 3.8) is 0 Å². The third-order valence-electron chi connectivity index (χ3n) is 1.71. The maximum atomic E-state index is 13.0. The molecule has 13 heavy (non-hydrogen) atoms. The van der Waals surface area contributed by atoms with Crippen molar-refractivity contribution in [1.82, 2.24) is 0 Å². The second-order valence-electron chi connectivity index (χ2n) is 2.58. The summed E-state index contributed by atoms with van der Waals surface area (Å²) in [6.07, 6.45) is 0. The Morgan fingerprint density at radius 2 is 2.15 bits per heavy atom. The molecule has 0 saturated heterocycles. The van der Waals surface area contributed by atoms with Crippen molar-refractivity contribution in [2.24, 2.45) is 0 Å². The highest BCUT2D eigenvalue weighted by atomic mass is 19.1. The van der Waals surface area contributed by atoms with Gasteiger partial charge in [0.05, 0.1) is 7.11 Å². The van der Waals surface area contributed by atoms with Gasteiger partial charge in [-0.1, -0.05) is 6.07 Å². The smallest absolute Gasteiger partial charge is 0.341 e. The molecule has 1 aromatic rings. The van der Waals surface area contributed by atoms with E-state index in [0.29, 0.717) is 0 Å². The van der Waals surface area contributed by atoms with Crippen LogP contribution in [0.1, 0.15) is 15.9 Å². The second kappa shape index (κ2) is 3.43. The lowest BCUT2D eigenvalue weighted by Crippen LogP contribution is -2.03. The summed E-state index contributed by atoms with van der Waals surface area (Å²) in [4.78, 5) is 10.9. The maximum absolute atomic E-state index is 13.0. The molecule has 1 N–H and O–H groups in total. The van der Waals surface area contributed by atoms with Crippen LogP contribution in [0.2, 0.25) is 0 Å². The fraction of sp³-hybridized carbons (Fsp3) is 0.222. The quantitative estimate of drug-likeness (QED) is 0.674. The van der Waals surface area contributed by atoms with E-state index in [1.54, 1.807) is 0 Å². The Bertz CT molecular complexity index is 347. The fourth-order valence-electron chi connectivity index (χ4n) is 0.940. The summed E-state index contributed by atoms with van der Waals surface area (Å²) in [5, 5.41) is 9.20. The van der Waals surface area contributed by atoms with Crippen LogP contribution in [0.3, 0.4) is 0 Å². The lowest BCUT2D eigenvalue weighted by molar-refractivity contribution is 0.0596. The van der Waals surface area contributed by atoms with Crippen molar-refractivity contribution >= 4 is 5.97 Å². The number of rotatable bonds is 1. The zero-order valence-corrected chi connectivity index (χ0v) is 7.30. The molecule has 0 aromatic heterocycles. The summed E-state index contributed by atoms with van der Waals surface area (Å²) in [5.74, 6) is -2.20. The first kappa shape index (κ1) is 9.51. The van der Waals surface area contributed by atoms with E-state index in [9.17, 15) is 14.3 Å². The first-order valence-corrected chi connectivity index (χ1v) is 3.64. The van der Waals surface area contributed by atoms with Crippen LogP contribution in [0, 0.1) is 12.7 Å². The summed E-state index contributed by atoms with van der Waals surface area (Å²) >= 11 is 0. The molecule has 0 spiro atoms. The van der Waals surface area contributed by atoms with Gasteiger partial charge in [-0.3, -0.25) is 0 Å². The van der Waals surface area contributed by atoms with E-state index in [1.807, 2.05) is 0 Å². The number of aryl methyl sites for hydroxylation is 1. The van der Waals surface area contributed by atoms with Crippen LogP contribution in [0.25, 0.3) is 0 Å². The average molecular weight is 184 g/mol. The minimum atomic E-state index is -0.789. The van der Waals surface area contributed by atoms with E-state index in [4.69, 9.17) is 0 Å². The zero-order valence-electron chi connectivity index (χ0n) is 7.30.